The van der Waals surface area contributed by atoms with Gasteiger partial charge in [0.25, 0.3) is 0 Å². The summed E-state index contributed by atoms with van der Waals surface area (Å²) in [5, 5.41) is 2.98. The Kier molecular flexibility index (Phi) is 3.84. The first-order valence-electron chi connectivity index (χ1n) is 5.89. The lowest BCUT2D eigenvalue weighted by Crippen LogP contribution is -2.23. The Morgan fingerprint density at radius 1 is 1.47 bits per heavy atom. The van der Waals surface area contributed by atoms with Crippen LogP contribution >= 0.6 is 15.9 Å². The number of carbonyl (C=O) groups is 1. The Labute approximate surface area is 110 Å². The van der Waals surface area contributed by atoms with Crippen molar-refractivity contribution >= 4 is 27.5 Å². The molecule has 0 aromatic heterocycles. The van der Waals surface area contributed by atoms with Crippen molar-refractivity contribution in [1.82, 2.24) is 0 Å². The minimum atomic E-state index is 0.0769. The molecule has 2 atom stereocenters. The lowest BCUT2D eigenvalue weighted by atomic mass is 10.1. The molecule has 0 radical (unpaired) electrons. The SMILES string of the molecule is Cc1cc(Br)ccc1NC(=O)C1CCC(N)C1. The third-order valence-corrected chi connectivity index (χ3v) is 3.78. The third kappa shape index (κ3) is 3.07. The van der Waals surface area contributed by atoms with E-state index >= 15 is 0 Å². The molecule has 92 valence electrons. The van der Waals surface area contributed by atoms with Gasteiger partial charge in [-0.3, -0.25) is 4.79 Å². The van der Waals surface area contributed by atoms with Crippen LogP contribution in [0.5, 0.6) is 0 Å². The molecule has 0 aliphatic heterocycles. The van der Waals surface area contributed by atoms with E-state index in [2.05, 4.69) is 21.2 Å². The van der Waals surface area contributed by atoms with Gasteiger partial charge in [-0.25, -0.2) is 0 Å². The average Bonchev–Trinajstić information content (AvgIpc) is 2.69. The molecule has 1 fully saturated rings. The summed E-state index contributed by atoms with van der Waals surface area (Å²) in [5.74, 6) is 0.177. The topological polar surface area (TPSA) is 55.1 Å². The van der Waals surface area contributed by atoms with E-state index in [1.807, 2.05) is 25.1 Å². The molecule has 0 bridgehead atoms. The van der Waals surface area contributed by atoms with Gasteiger partial charge in [-0.05, 0) is 49.9 Å². The van der Waals surface area contributed by atoms with Gasteiger partial charge in [0.05, 0.1) is 0 Å². The van der Waals surface area contributed by atoms with Gasteiger partial charge in [-0.1, -0.05) is 15.9 Å². The van der Waals surface area contributed by atoms with Crippen molar-refractivity contribution in [2.45, 2.75) is 32.2 Å². The van der Waals surface area contributed by atoms with Crippen molar-refractivity contribution in [3.63, 3.8) is 0 Å². The molecule has 1 aromatic carbocycles. The van der Waals surface area contributed by atoms with E-state index in [1.165, 1.54) is 0 Å². The predicted octanol–water partition coefficient (Wildman–Crippen LogP) is 2.82. The van der Waals surface area contributed by atoms with Gasteiger partial charge in [-0.2, -0.15) is 0 Å². The minimum absolute atomic E-state index is 0.0769. The van der Waals surface area contributed by atoms with Crippen LogP contribution in [0.3, 0.4) is 0 Å². The molecular weight excluding hydrogens is 280 g/mol. The van der Waals surface area contributed by atoms with Gasteiger partial charge in [-0.15, -0.1) is 0 Å². The summed E-state index contributed by atoms with van der Waals surface area (Å²) in [6, 6.07) is 6.04. The quantitative estimate of drug-likeness (QED) is 0.882. The molecule has 1 amide bonds. The predicted molar refractivity (Wildman–Crippen MR) is 72.8 cm³/mol. The Hall–Kier alpha value is -0.870. The Morgan fingerprint density at radius 2 is 2.24 bits per heavy atom. The summed E-state index contributed by atoms with van der Waals surface area (Å²) in [5.41, 5.74) is 7.77. The molecule has 2 unspecified atom stereocenters. The van der Waals surface area contributed by atoms with Crippen LogP contribution in [0.25, 0.3) is 0 Å². The zero-order chi connectivity index (χ0) is 12.4. The highest BCUT2D eigenvalue weighted by Gasteiger charge is 2.27. The van der Waals surface area contributed by atoms with Gasteiger partial charge in [0.2, 0.25) is 5.91 Å². The van der Waals surface area contributed by atoms with Crippen LogP contribution in [0.1, 0.15) is 24.8 Å². The Morgan fingerprint density at radius 3 is 2.82 bits per heavy atom. The first kappa shape index (κ1) is 12.6. The molecule has 0 saturated heterocycles. The second-order valence-corrected chi connectivity index (χ2v) is 5.63. The zero-order valence-electron chi connectivity index (χ0n) is 9.87. The van der Waals surface area contributed by atoms with E-state index in [9.17, 15) is 4.79 Å². The molecule has 3 nitrogen and oxygen atoms in total. The fourth-order valence-electron chi connectivity index (χ4n) is 2.26. The van der Waals surface area contributed by atoms with Gasteiger partial charge in [0.15, 0.2) is 0 Å². The molecule has 0 heterocycles. The van der Waals surface area contributed by atoms with Crippen molar-refractivity contribution in [3.8, 4) is 0 Å². The molecule has 1 aliphatic rings. The van der Waals surface area contributed by atoms with E-state index in [0.717, 1.165) is 35.0 Å². The number of anilines is 1. The van der Waals surface area contributed by atoms with Crippen molar-refractivity contribution in [3.05, 3.63) is 28.2 Å². The Balaban J connectivity index is 2.03. The Bertz CT molecular complexity index is 433. The second-order valence-electron chi connectivity index (χ2n) is 4.72. The molecule has 1 saturated carbocycles. The fourth-order valence-corrected chi connectivity index (χ4v) is 2.73. The van der Waals surface area contributed by atoms with Gasteiger partial charge in [0, 0.05) is 22.1 Å². The average molecular weight is 297 g/mol. The maximum atomic E-state index is 12.0. The van der Waals surface area contributed by atoms with Crippen LogP contribution in [0, 0.1) is 12.8 Å². The zero-order valence-corrected chi connectivity index (χ0v) is 11.5. The maximum Gasteiger partial charge on any atom is 0.227 e. The third-order valence-electron chi connectivity index (χ3n) is 3.29. The molecule has 2 rings (SSSR count). The monoisotopic (exact) mass is 296 g/mol. The number of hydrogen-bond donors (Lipinski definition) is 2. The number of carbonyl (C=O) groups excluding carboxylic acids is 1. The van der Waals surface area contributed by atoms with E-state index < -0.39 is 0 Å². The molecule has 1 aromatic rings. The highest BCUT2D eigenvalue weighted by atomic mass is 79.9. The highest BCUT2D eigenvalue weighted by molar-refractivity contribution is 9.10. The van der Waals surface area contributed by atoms with Gasteiger partial charge >= 0.3 is 0 Å². The summed E-state index contributed by atoms with van der Waals surface area (Å²) in [7, 11) is 0. The van der Waals surface area contributed by atoms with E-state index in [0.29, 0.717) is 0 Å². The van der Waals surface area contributed by atoms with Crippen LogP contribution in [0.4, 0.5) is 5.69 Å². The number of halogens is 1. The van der Waals surface area contributed by atoms with E-state index in [-0.39, 0.29) is 17.9 Å². The lowest BCUT2D eigenvalue weighted by molar-refractivity contribution is -0.119. The normalized spacial score (nSPS) is 23.7. The molecule has 3 N–H and O–H groups in total. The number of benzene rings is 1. The number of hydrogen-bond acceptors (Lipinski definition) is 2. The summed E-state index contributed by atoms with van der Waals surface area (Å²) in [6.45, 7) is 1.99. The smallest absolute Gasteiger partial charge is 0.227 e. The van der Waals surface area contributed by atoms with Crippen LogP contribution in [0.2, 0.25) is 0 Å². The lowest BCUT2D eigenvalue weighted by Gasteiger charge is -2.12. The maximum absolute atomic E-state index is 12.0. The van der Waals surface area contributed by atoms with Crippen LogP contribution in [-0.4, -0.2) is 11.9 Å². The first-order valence-corrected chi connectivity index (χ1v) is 6.68. The summed E-state index contributed by atoms with van der Waals surface area (Å²) in [6.07, 6.45) is 2.67. The molecule has 0 spiro atoms. The van der Waals surface area contributed by atoms with Gasteiger partial charge in [0.1, 0.15) is 0 Å². The molecule has 4 heteroatoms. The molecular formula is C13H17BrN2O. The summed E-state index contributed by atoms with van der Waals surface area (Å²) >= 11 is 3.41. The fraction of sp³-hybridized carbons (Fsp3) is 0.462. The van der Waals surface area contributed by atoms with E-state index in [4.69, 9.17) is 5.73 Å². The standard InChI is InChI=1S/C13H17BrN2O/c1-8-6-10(14)3-5-12(8)16-13(17)9-2-4-11(15)7-9/h3,5-6,9,11H,2,4,7,15H2,1H3,(H,16,17). The van der Waals surface area contributed by atoms with Crippen molar-refractivity contribution in [1.29, 1.82) is 0 Å². The first-order chi connectivity index (χ1) is 8.06. The number of nitrogens with one attached hydrogen (secondary N) is 1. The second kappa shape index (κ2) is 5.19. The van der Waals surface area contributed by atoms with Crippen molar-refractivity contribution in [2.24, 2.45) is 11.7 Å². The molecule has 1 aliphatic carbocycles. The molecule has 17 heavy (non-hydrogen) atoms. The van der Waals surface area contributed by atoms with Crippen molar-refractivity contribution in [2.75, 3.05) is 5.32 Å². The number of rotatable bonds is 2. The largest absolute Gasteiger partial charge is 0.328 e. The van der Waals surface area contributed by atoms with E-state index in [1.54, 1.807) is 0 Å². The van der Waals surface area contributed by atoms with Crippen LogP contribution in [0.15, 0.2) is 22.7 Å². The summed E-state index contributed by atoms with van der Waals surface area (Å²) in [4.78, 5) is 12.0. The van der Waals surface area contributed by atoms with Crippen molar-refractivity contribution < 1.29 is 4.79 Å². The number of aryl methyl sites for hydroxylation is 1. The van der Waals surface area contributed by atoms with Crippen LogP contribution < -0.4 is 11.1 Å². The highest BCUT2D eigenvalue weighted by Crippen LogP contribution is 2.26. The number of nitrogens with two attached hydrogens (primary N) is 1. The van der Waals surface area contributed by atoms with Crippen LogP contribution in [-0.2, 0) is 4.79 Å². The van der Waals surface area contributed by atoms with Gasteiger partial charge < -0.3 is 11.1 Å². The summed E-state index contributed by atoms with van der Waals surface area (Å²) < 4.78 is 1.02. The minimum Gasteiger partial charge on any atom is -0.328 e. The number of amides is 1.